The molecular formula is C134H86N6O2S2. The number of nitrogens with zero attached hydrogens (tertiary/aromatic N) is 6. The molecule has 0 fully saturated rings. The number of benzene rings is 19. The predicted molar refractivity (Wildman–Crippen MR) is 594 cm³/mol. The van der Waals surface area contributed by atoms with Gasteiger partial charge in [0.25, 0.3) is 0 Å². The number of thiophene rings is 2. The third kappa shape index (κ3) is 15.5. The van der Waals surface area contributed by atoms with Gasteiger partial charge in [0, 0.05) is 69.0 Å². The van der Waals surface area contributed by atoms with Gasteiger partial charge in [0.05, 0.1) is 49.9 Å². The third-order valence-electron chi connectivity index (χ3n) is 28.2. The molecule has 10 heteroatoms. The fourth-order valence-corrected chi connectivity index (χ4v) is 23.7. The molecule has 2 aliphatic carbocycles. The minimum absolute atomic E-state index is 0.484. The second-order valence-electron chi connectivity index (χ2n) is 36.5. The second kappa shape index (κ2) is 36.8. The Kier molecular flexibility index (Phi) is 22.0. The fraction of sp³-hybridized carbons (Fsp3) is 0.0149. The van der Waals surface area contributed by atoms with Crippen LogP contribution in [0.1, 0.15) is 44.5 Å². The van der Waals surface area contributed by atoms with E-state index in [9.17, 15) is 0 Å². The molecule has 0 saturated heterocycles. The molecule has 7 heterocycles. The van der Waals surface area contributed by atoms with Gasteiger partial charge in [-0.3, -0.25) is 0 Å². The molecule has 0 N–H and O–H groups in total. The predicted octanol–water partition coefficient (Wildman–Crippen LogP) is 35.2. The van der Waals surface area contributed by atoms with Crippen LogP contribution in [0.15, 0.2) is 531 Å². The first-order valence-corrected chi connectivity index (χ1v) is 50.2. The van der Waals surface area contributed by atoms with E-state index in [2.05, 4.69) is 455 Å². The van der Waals surface area contributed by atoms with Crippen LogP contribution in [0.2, 0.25) is 0 Å². The lowest BCUT2D eigenvalue weighted by molar-refractivity contribution is 0.625. The van der Waals surface area contributed by atoms with Crippen molar-refractivity contribution in [3.05, 3.63) is 566 Å². The molecule has 0 amide bonds. The van der Waals surface area contributed by atoms with Crippen LogP contribution in [0.3, 0.4) is 0 Å². The van der Waals surface area contributed by atoms with E-state index in [-0.39, 0.29) is 0 Å². The molecular weight excluding hydrogens is 1790 g/mol. The fourth-order valence-electron chi connectivity index (χ4n) is 21.5. The number of fused-ring (bicyclic) bond motifs is 12. The first-order chi connectivity index (χ1) is 71.3. The minimum Gasteiger partial charge on any atom is -0.453 e. The Hall–Kier alpha value is -18.3. The normalized spacial score (nSPS) is 12.4. The summed E-state index contributed by atoms with van der Waals surface area (Å²) in [4.78, 5) is 32.2. The van der Waals surface area contributed by atoms with Crippen molar-refractivity contribution < 1.29 is 8.83 Å². The molecule has 0 saturated carbocycles. The molecule has 26 aromatic rings. The molecule has 7 aromatic heterocycles. The standard InChI is InChI=1S/C49H32N2O.C49H32N2S.C36H22N2OS/c1-4-15-33(16-5-1)34-18-14-19-35(29-34)44-32-45(51-48(50-44)47-31-37-17-10-13-26-46(37)52-47)36-27-28-41-40-24-11-12-25-42(40)49(43(41)30-36,38-20-6-2-7-21-38)39-22-8-3-9-23-39;1-4-15-33(16-5-1)34-27-29-35(30-28-34)43-32-44(51-48(50-43)46-31-36-17-10-13-26-45(36)52-46)40-23-14-25-42-47(40)39-22-11-12-24-41(39)49(42,37-18-6-2-7-19-37)38-20-8-3-9-21-38;1-2-9-23(10-3-1)24-17-19-25(20-18-24)30-22-31(38-36(37-30)33-21-26-11-4-6-15-32(26)39-33)29-14-8-13-28-27-12-5-7-16-34(27)40-35(28)29/h2*1-32H;1-22H. The molecule has 0 unspecified atom stereocenters. The van der Waals surface area contributed by atoms with Crippen LogP contribution in [0, 0.1) is 0 Å². The van der Waals surface area contributed by atoms with Crippen molar-refractivity contribution >= 4 is 74.9 Å². The van der Waals surface area contributed by atoms with E-state index < -0.39 is 10.8 Å². The smallest absolute Gasteiger partial charge is 0.196 e. The number of rotatable bonds is 16. The lowest BCUT2D eigenvalue weighted by atomic mass is 9.67. The molecule has 8 nitrogen and oxygen atoms in total. The summed E-state index contributed by atoms with van der Waals surface area (Å²) in [5.74, 6) is 3.17. The quantitative estimate of drug-likeness (QED) is 0.0942. The molecule has 0 aliphatic heterocycles. The van der Waals surface area contributed by atoms with Crippen molar-refractivity contribution in [1.82, 2.24) is 29.9 Å². The van der Waals surface area contributed by atoms with E-state index in [0.717, 1.165) is 111 Å². The van der Waals surface area contributed by atoms with E-state index in [1.54, 1.807) is 22.7 Å². The lowest BCUT2D eigenvalue weighted by Crippen LogP contribution is -2.28. The molecule has 676 valence electrons. The Morgan fingerprint density at radius 2 is 0.535 bits per heavy atom. The van der Waals surface area contributed by atoms with Crippen LogP contribution in [0.5, 0.6) is 0 Å². The Bertz CT molecular complexity index is 9130. The summed E-state index contributed by atoms with van der Waals surface area (Å²) >= 11 is 3.55. The van der Waals surface area contributed by atoms with Gasteiger partial charge in [0.2, 0.25) is 0 Å². The van der Waals surface area contributed by atoms with E-state index >= 15 is 0 Å². The Morgan fingerprint density at radius 3 is 1.09 bits per heavy atom. The average molecular weight is 1880 g/mol. The van der Waals surface area contributed by atoms with Crippen molar-refractivity contribution in [2.45, 2.75) is 10.8 Å². The van der Waals surface area contributed by atoms with Crippen LogP contribution < -0.4 is 0 Å². The van der Waals surface area contributed by atoms with Crippen LogP contribution in [-0.2, 0) is 10.8 Å². The molecule has 19 aromatic carbocycles. The third-order valence-corrected chi connectivity index (χ3v) is 30.5. The summed E-state index contributed by atoms with van der Waals surface area (Å²) < 4.78 is 16.3. The van der Waals surface area contributed by atoms with Crippen molar-refractivity contribution in [2.24, 2.45) is 0 Å². The van der Waals surface area contributed by atoms with Gasteiger partial charge in [0.1, 0.15) is 11.2 Å². The van der Waals surface area contributed by atoms with Gasteiger partial charge in [-0.2, -0.15) is 0 Å². The molecule has 28 rings (SSSR count). The van der Waals surface area contributed by atoms with Crippen molar-refractivity contribution in [3.8, 4) is 157 Å². The van der Waals surface area contributed by atoms with Crippen LogP contribution in [0.25, 0.3) is 209 Å². The maximum atomic E-state index is 6.37. The first-order valence-electron chi connectivity index (χ1n) is 48.6. The Labute approximate surface area is 841 Å². The van der Waals surface area contributed by atoms with Crippen LogP contribution in [-0.4, -0.2) is 29.9 Å². The van der Waals surface area contributed by atoms with Crippen molar-refractivity contribution in [3.63, 3.8) is 0 Å². The Balaban J connectivity index is 0.000000111. The summed E-state index contributed by atoms with van der Waals surface area (Å²) in [7, 11) is 0. The zero-order valence-electron chi connectivity index (χ0n) is 78.0. The topological polar surface area (TPSA) is 104 Å². The van der Waals surface area contributed by atoms with Crippen LogP contribution in [0.4, 0.5) is 0 Å². The number of furan rings is 2. The summed E-state index contributed by atoms with van der Waals surface area (Å²) in [6.45, 7) is 0. The van der Waals surface area contributed by atoms with Gasteiger partial charge in [-0.05, 0) is 178 Å². The number of hydrogen-bond donors (Lipinski definition) is 0. The highest BCUT2D eigenvalue weighted by Gasteiger charge is 2.48. The summed E-state index contributed by atoms with van der Waals surface area (Å²) in [6, 6.07) is 185. The molecule has 0 radical (unpaired) electrons. The van der Waals surface area contributed by atoms with E-state index in [1.807, 2.05) is 66.7 Å². The SMILES string of the molecule is c1ccc(-c2ccc(-c3cc(-c4cccc5c4-c4ccccc4C5(c4ccccc4)c4ccccc4)nc(-c4cc5ccccc5s4)n3)cc2)cc1.c1ccc(-c2ccc(-c3cc(-c4cccc5c4sc4ccccc45)nc(-c4cc5ccccc5o4)n3)cc2)cc1.c1ccc(-c2cccc(-c3cc(-c4ccc5c(c4)C(c4ccccc4)(c4ccccc4)c4ccccc4-5)nc(-c4cc5ccccc5o4)n3)c2)cc1. The van der Waals surface area contributed by atoms with Gasteiger partial charge in [-0.25, -0.2) is 29.9 Å². The van der Waals surface area contributed by atoms with Gasteiger partial charge in [0.15, 0.2) is 29.0 Å². The maximum Gasteiger partial charge on any atom is 0.196 e. The largest absolute Gasteiger partial charge is 0.453 e. The van der Waals surface area contributed by atoms with E-state index in [4.69, 9.17) is 38.7 Å². The van der Waals surface area contributed by atoms with Gasteiger partial charge < -0.3 is 8.83 Å². The van der Waals surface area contributed by atoms with Gasteiger partial charge in [-0.15, -0.1) is 22.7 Å². The van der Waals surface area contributed by atoms with Crippen LogP contribution >= 0.6 is 22.7 Å². The zero-order chi connectivity index (χ0) is 95.4. The highest BCUT2D eigenvalue weighted by atomic mass is 32.1. The minimum atomic E-state index is -0.508. The second-order valence-corrected chi connectivity index (χ2v) is 38.6. The molecule has 0 bridgehead atoms. The average Bonchev–Trinajstić information content (AvgIpc) is 1.54. The zero-order valence-corrected chi connectivity index (χ0v) is 79.6. The highest BCUT2D eigenvalue weighted by molar-refractivity contribution is 7.26. The Morgan fingerprint density at radius 1 is 0.188 bits per heavy atom. The molecule has 0 spiro atoms. The van der Waals surface area contributed by atoms with Crippen molar-refractivity contribution in [1.29, 1.82) is 0 Å². The van der Waals surface area contributed by atoms with E-state index in [0.29, 0.717) is 23.2 Å². The summed E-state index contributed by atoms with van der Waals surface area (Å²) in [5.41, 5.74) is 34.2. The monoisotopic (exact) mass is 1870 g/mol. The van der Waals surface area contributed by atoms with Gasteiger partial charge >= 0.3 is 0 Å². The molecule has 0 atom stereocenters. The number of hydrogen-bond acceptors (Lipinski definition) is 10. The first kappa shape index (κ1) is 86.0. The highest BCUT2D eigenvalue weighted by Crippen LogP contribution is 2.60. The number of para-hydroxylation sites is 2. The molecule has 144 heavy (non-hydrogen) atoms. The number of aromatic nitrogens is 6. The summed E-state index contributed by atoms with van der Waals surface area (Å²) in [5, 5.41) is 5.77. The summed E-state index contributed by atoms with van der Waals surface area (Å²) in [6.07, 6.45) is 0. The molecule has 2 aliphatic rings. The van der Waals surface area contributed by atoms with Gasteiger partial charge in [-0.1, -0.05) is 449 Å². The maximum absolute atomic E-state index is 6.37. The lowest BCUT2D eigenvalue weighted by Gasteiger charge is -2.34. The van der Waals surface area contributed by atoms with Crippen molar-refractivity contribution in [2.75, 3.05) is 0 Å². The van der Waals surface area contributed by atoms with E-state index in [1.165, 1.54) is 119 Å².